The molecule has 1 aliphatic rings. The highest BCUT2D eigenvalue weighted by molar-refractivity contribution is 6.61. The maximum atomic E-state index is 6.27. The fourth-order valence-electron chi connectivity index (χ4n) is 9.02. The molecule has 0 amide bonds. The van der Waals surface area contributed by atoms with Gasteiger partial charge in [0.25, 0.3) is 0 Å². The third kappa shape index (κ3) is 26.6. The van der Waals surface area contributed by atoms with Crippen LogP contribution in [0.25, 0.3) is 0 Å². The first-order chi connectivity index (χ1) is 32.0. The standard InChI is InChI=1S/C46H104N4O12Si4/c1-13-51-63(52-14-2,53-15-3)43-27-35-47-31-25-32-49(37-29-45-65(57-19-7,58-20-8)59-21-9)41-42-50(38-30-46-66(60-22-10,61-23-11)62-24-12)34-26-33-48(40-39-47)36-28-44-64(54-16-4,55-17-5)56-18-6/h13-46H2,1-12H3. The van der Waals surface area contributed by atoms with Crippen molar-refractivity contribution in [2.24, 2.45) is 0 Å². The Morgan fingerprint density at radius 1 is 0.242 bits per heavy atom. The van der Waals surface area contributed by atoms with Gasteiger partial charge in [-0.1, -0.05) is 0 Å². The van der Waals surface area contributed by atoms with Crippen LogP contribution in [0, 0.1) is 0 Å². The minimum absolute atomic E-state index is 0.595. The fraction of sp³-hybridized carbons (Fsp3) is 1.00. The smallest absolute Gasteiger partial charge is 0.374 e. The highest BCUT2D eigenvalue weighted by Gasteiger charge is 2.43. The topological polar surface area (TPSA) is 124 Å². The van der Waals surface area contributed by atoms with Crippen molar-refractivity contribution >= 4 is 35.2 Å². The predicted octanol–water partition coefficient (Wildman–Crippen LogP) is 7.74. The summed E-state index contributed by atoms with van der Waals surface area (Å²) in [7, 11) is -11.0. The van der Waals surface area contributed by atoms with E-state index in [1.54, 1.807) is 0 Å². The van der Waals surface area contributed by atoms with Gasteiger partial charge in [0.2, 0.25) is 0 Å². The number of hydrogen-bond acceptors (Lipinski definition) is 16. The zero-order valence-corrected chi connectivity index (χ0v) is 48.7. The zero-order chi connectivity index (χ0) is 48.8. The van der Waals surface area contributed by atoms with E-state index in [-0.39, 0.29) is 0 Å². The molecule has 20 heteroatoms. The minimum atomic E-state index is -2.75. The number of rotatable bonds is 40. The highest BCUT2D eigenvalue weighted by Crippen LogP contribution is 2.23. The number of hydrogen-bond donors (Lipinski definition) is 0. The molecule has 0 aliphatic carbocycles. The van der Waals surface area contributed by atoms with E-state index in [1.807, 2.05) is 83.1 Å². The van der Waals surface area contributed by atoms with Crippen LogP contribution in [0.1, 0.15) is 122 Å². The van der Waals surface area contributed by atoms with E-state index in [2.05, 4.69) is 19.6 Å². The summed E-state index contributed by atoms with van der Waals surface area (Å²) >= 11 is 0. The van der Waals surface area contributed by atoms with Crippen molar-refractivity contribution in [2.45, 2.75) is 146 Å². The summed E-state index contributed by atoms with van der Waals surface area (Å²) < 4.78 is 75.2. The summed E-state index contributed by atoms with van der Waals surface area (Å²) in [5, 5.41) is 0. The van der Waals surface area contributed by atoms with Gasteiger partial charge in [0, 0.05) is 130 Å². The van der Waals surface area contributed by atoms with Crippen molar-refractivity contribution < 1.29 is 53.1 Å². The van der Waals surface area contributed by atoms with Crippen LogP contribution in [0.2, 0.25) is 24.2 Å². The van der Waals surface area contributed by atoms with E-state index < -0.39 is 35.2 Å². The van der Waals surface area contributed by atoms with Crippen LogP contribution in [0.4, 0.5) is 0 Å². The Labute approximate surface area is 410 Å². The lowest BCUT2D eigenvalue weighted by molar-refractivity contribution is 0.0675. The third-order valence-corrected chi connectivity index (χ3v) is 24.2. The van der Waals surface area contributed by atoms with Gasteiger partial charge in [-0.25, -0.2) is 0 Å². The monoisotopic (exact) mass is 1020 g/mol. The fourth-order valence-corrected chi connectivity index (χ4v) is 19.4. The molecule has 1 rings (SSSR count). The molecule has 16 nitrogen and oxygen atoms in total. The van der Waals surface area contributed by atoms with Crippen LogP contribution in [0.3, 0.4) is 0 Å². The second-order valence-electron chi connectivity index (χ2n) is 16.4. The molecule has 0 saturated carbocycles. The Morgan fingerprint density at radius 2 is 0.394 bits per heavy atom. The molecule has 1 fully saturated rings. The van der Waals surface area contributed by atoms with Crippen molar-refractivity contribution in [3.05, 3.63) is 0 Å². The molecule has 396 valence electrons. The van der Waals surface area contributed by atoms with Crippen LogP contribution < -0.4 is 0 Å². The Bertz CT molecular complexity index is 890. The summed E-state index contributed by atoms with van der Waals surface area (Å²) in [6.07, 6.45) is 6.02. The zero-order valence-electron chi connectivity index (χ0n) is 44.7. The van der Waals surface area contributed by atoms with Crippen LogP contribution in [-0.4, -0.2) is 213 Å². The van der Waals surface area contributed by atoms with Crippen molar-refractivity contribution in [1.29, 1.82) is 0 Å². The summed E-state index contributed by atoms with van der Waals surface area (Å²) in [6.45, 7) is 43.5. The van der Waals surface area contributed by atoms with Crippen molar-refractivity contribution in [3.63, 3.8) is 0 Å². The van der Waals surface area contributed by atoms with Gasteiger partial charge in [-0.05, 0) is 174 Å². The average Bonchev–Trinajstić information content (AvgIpc) is 3.27. The van der Waals surface area contributed by atoms with E-state index in [9.17, 15) is 0 Å². The number of nitrogens with zero attached hydrogens (tertiary/aromatic N) is 4. The molecular formula is C46H104N4O12Si4. The molecule has 1 saturated heterocycles. The van der Waals surface area contributed by atoms with Crippen LogP contribution in [0.5, 0.6) is 0 Å². The lowest BCUT2D eigenvalue weighted by atomic mass is 10.2. The van der Waals surface area contributed by atoms with Crippen molar-refractivity contribution in [3.8, 4) is 0 Å². The molecule has 0 unspecified atom stereocenters. The lowest BCUT2D eigenvalue weighted by Crippen LogP contribution is -2.47. The van der Waals surface area contributed by atoms with Gasteiger partial charge < -0.3 is 72.7 Å². The molecule has 1 aliphatic heterocycles. The van der Waals surface area contributed by atoms with E-state index in [0.29, 0.717) is 79.3 Å². The van der Waals surface area contributed by atoms with Crippen LogP contribution in [0.15, 0.2) is 0 Å². The Kier molecular flexibility index (Phi) is 38.7. The maximum Gasteiger partial charge on any atom is 0.500 e. The molecule has 0 aromatic carbocycles. The van der Waals surface area contributed by atoms with Crippen LogP contribution in [-0.2, 0) is 53.1 Å². The van der Waals surface area contributed by atoms with Gasteiger partial charge in [0.1, 0.15) is 0 Å². The Morgan fingerprint density at radius 3 is 0.530 bits per heavy atom. The molecule has 1 heterocycles. The second kappa shape index (κ2) is 39.8. The summed E-state index contributed by atoms with van der Waals surface area (Å²) in [4.78, 5) is 10.7. The van der Waals surface area contributed by atoms with Crippen molar-refractivity contribution in [2.75, 3.05) is 158 Å². The van der Waals surface area contributed by atoms with Gasteiger partial charge in [-0.3, -0.25) is 0 Å². The predicted molar refractivity (Wildman–Crippen MR) is 275 cm³/mol. The van der Waals surface area contributed by atoms with E-state index >= 15 is 0 Å². The minimum Gasteiger partial charge on any atom is -0.374 e. The molecule has 0 N–H and O–H groups in total. The SMILES string of the molecule is CCO[Si](CCCN1CCCN(CCC[Si](OCC)(OCC)OCC)CCN(CCC[Si](OCC)(OCC)OCC)CCCN(CCC[Si](OCC)(OCC)OCC)CC1)(OCC)OCC. The molecule has 0 spiro atoms. The van der Waals surface area contributed by atoms with E-state index in [1.165, 1.54) is 0 Å². The summed E-state index contributed by atoms with van der Waals surface area (Å²) in [5.74, 6) is 0. The molecule has 0 atom stereocenters. The molecule has 0 aromatic heterocycles. The van der Waals surface area contributed by atoms with Crippen LogP contribution >= 0.6 is 0 Å². The Balaban J connectivity index is 3.47. The Hall–Kier alpha value is 0.228. The normalized spacial score (nSPS) is 16.9. The molecule has 0 bridgehead atoms. The van der Waals surface area contributed by atoms with Gasteiger partial charge >= 0.3 is 35.2 Å². The van der Waals surface area contributed by atoms with Gasteiger partial charge in [-0.15, -0.1) is 0 Å². The molecule has 0 radical (unpaired) electrons. The summed E-state index contributed by atoms with van der Waals surface area (Å²) in [6, 6.07) is 3.27. The highest BCUT2D eigenvalue weighted by atomic mass is 28.4. The van der Waals surface area contributed by atoms with Gasteiger partial charge in [0.05, 0.1) is 0 Å². The average molecular weight is 1020 g/mol. The lowest BCUT2D eigenvalue weighted by Gasteiger charge is -2.34. The molecule has 66 heavy (non-hydrogen) atoms. The van der Waals surface area contributed by atoms with Gasteiger partial charge in [-0.2, -0.15) is 0 Å². The van der Waals surface area contributed by atoms with Gasteiger partial charge in [0.15, 0.2) is 0 Å². The first-order valence-electron chi connectivity index (χ1n) is 26.6. The second-order valence-corrected chi connectivity index (χ2v) is 27.3. The maximum absolute atomic E-state index is 6.27. The first kappa shape index (κ1) is 64.2. The molecule has 0 aromatic rings. The quantitative estimate of drug-likeness (QED) is 0.0556. The van der Waals surface area contributed by atoms with E-state index in [4.69, 9.17) is 53.1 Å². The van der Waals surface area contributed by atoms with Crippen molar-refractivity contribution in [1.82, 2.24) is 19.6 Å². The first-order valence-corrected chi connectivity index (χ1v) is 34.3. The van der Waals surface area contributed by atoms with E-state index in [0.717, 1.165) is 141 Å². The largest absolute Gasteiger partial charge is 0.500 e. The summed E-state index contributed by atoms with van der Waals surface area (Å²) in [5.41, 5.74) is 0. The third-order valence-electron chi connectivity index (χ3n) is 11.6. The molecular weight excluding hydrogens is 913 g/mol.